The van der Waals surface area contributed by atoms with Gasteiger partial charge in [-0.15, -0.1) is 0 Å². The topological polar surface area (TPSA) is 73.3 Å². The number of hydrogen-bond acceptors (Lipinski definition) is 4. The molecule has 2 aromatic heterocycles. The van der Waals surface area contributed by atoms with Crippen LogP contribution in [-0.4, -0.2) is 16.3 Å². The van der Waals surface area contributed by atoms with Gasteiger partial charge in [-0.1, -0.05) is 18.2 Å². The summed E-state index contributed by atoms with van der Waals surface area (Å²) in [6, 6.07) is 16.5. The van der Waals surface area contributed by atoms with Crippen molar-refractivity contribution in [2.24, 2.45) is 4.99 Å². The molecule has 0 unspecified atom stereocenters. The van der Waals surface area contributed by atoms with Crippen LogP contribution in [0.2, 0.25) is 0 Å². The van der Waals surface area contributed by atoms with Crippen LogP contribution in [-0.2, 0) is 6.18 Å². The Balaban J connectivity index is 2.00. The molecule has 33 heavy (non-hydrogen) atoms. The van der Waals surface area contributed by atoms with E-state index in [1.165, 1.54) is 22.8 Å². The average Bonchev–Trinajstić information content (AvgIpc) is 2.80. The minimum absolute atomic E-state index is 0.100. The van der Waals surface area contributed by atoms with E-state index in [2.05, 4.69) is 16.7 Å². The third-order valence-corrected chi connectivity index (χ3v) is 5.27. The van der Waals surface area contributed by atoms with Crippen molar-refractivity contribution in [2.45, 2.75) is 13.1 Å². The van der Waals surface area contributed by atoms with E-state index in [9.17, 15) is 18.0 Å². The highest BCUT2D eigenvalue weighted by Crippen LogP contribution is 2.37. The second-order valence-corrected chi connectivity index (χ2v) is 7.45. The summed E-state index contributed by atoms with van der Waals surface area (Å²) in [5.74, 6) is 0.376. The van der Waals surface area contributed by atoms with Crippen LogP contribution >= 0.6 is 0 Å². The van der Waals surface area contributed by atoms with Crippen LogP contribution in [0.3, 0.4) is 0 Å². The number of pyridine rings is 2. The quantitative estimate of drug-likeness (QED) is 0.401. The van der Waals surface area contributed by atoms with Gasteiger partial charge < -0.3 is 5.73 Å². The molecule has 0 radical (unpaired) electrons. The minimum atomic E-state index is -4.54. The number of halogens is 3. The number of nitrogens with two attached hydrogens (primary N) is 1. The van der Waals surface area contributed by atoms with Gasteiger partial charge in [0.25, 0.3) is 5.56 Å². The number of nitrogens with zero attached hydrogens (tertiary/aromatic N) is 3. The lowest BCUT2D eigenvalue weighted by Gasteiger charge is -2.19. The molecule has 0 aliphatic heterocycles. The van der Waals surface area contributed by atoms with Crippen LogP contribution < -0.4 is 11.3 Å². The van der Waals surface area contributed by atoms with Crippen LogP contribution in [0.5, 0.6) is 0 Å². The fourth-order valence-electron chi connectivity index (χ4n) is 3.67. The standard InChI is InChI=1S/C25H19F3N4O/c1-15-6-11-23(33)32(19-5-3-4-18(13-19)25(26,27)28)24(15)20-12-16(7-9-21(20)30-2)17-8-10-22(29)31-14-17/h3-14H,2H2,1H3,(H2,29,31). The zero-order chi connectivity index (χ0) is 23.8. The van der Waals surface area contributed by atoms with Crippen molar-refractivity contribution in [2.75, 3.05) is 5.73 Å². The van der Waals surface area contributed by atoms with E-state index in [1.807, 2.05) is 12.1 Å². The lowest BCUT2D eigenvalue weighted by molar-refractivity contribution is -0.137. The molecule has 8 heteroatoms. The number of nitrogen functional groups attached to an aromatic ring is 1. The zero-order valence-corrected chi connectivity index (χ0v) is 17.6. The van der Waals surface area contributed by atoms with Gasteiger partial charge in [-0.25, -0.2) is 4.98 Å². The number of aliphatic imine (C=N–C) groups is 1. The third-order valence-electron chi connectivity index (χ3n) is 5.27. The molecule has 4 rings (SSSR count). The molecule has 0 saturated heterocycles. The molecule has 0 spiro atoms. The SMILES string of the molecule is C=Nc1ccc(-c2ccc(N)nc2)cc1-c1c(C)ccc(=O)n1-c1cccc(C(F)(F)F)c1. The molecular formula is C25H19F3N4O. The second kappa shape index (κ2) is 8.38. The maximum absolute atomic E-state index is 13.3. The first-order valence-electron chi connectivity index (χ1n) is 9.92. The first-order valence-corrected chi connectivity index (χ1v) is 9.92. The van der Waals surface area contributed by atoms with Gasteiger partial charge in [0, 0.05) is 29.1 Å². The molecule has 166 valence electrons. The van der Waals surface area contributed by atoms with Crippen molar-refractivity contribution in [3.63, 3.8) is 0 Å². The van der Waals surface area contributed by atoms with Gasteiger partial charge >= 0.3 is 6.18 Å². The van der Waals surface area contributed by atoms with E-state index in [0.717, 1.165) is 23.3 Å². The van der Waals surface area contributed by atoms with E-state index in [-0.39, 0.29) is 5.69 Å². The zero-order valence-electron chi connectivity index (χ0n) is 17.6. The average molecular weight is 448 g/mol. The summed E-state index contributed by atoms with van der Waals surface area (Å²) in [4.78, 5) is 21.1. The fraction of sp³-hybridized carbons (Fsp3) is 0.0800. The highest BCUT2D eigenvalue weighted by atomic mass is 19.4. The highest BCUT2D eigenvalue weighted by molar-refractivity contribution is 5.83. The lowest BCUT2D eigenvalue weighted by atomic mass is 9.98. The van der Waals surface area contributed by atoms with Crippen molar-refractivity contribution in [1.29, 1.82) is 0 Å². The van der Waals surface area contributed by atoms with Crippen molar-refractivity contribution < 1.29 is 13.2 Å². The summed E-state index contributed by atoms with van der Waals surface area (Å²) in [6.07, 6.45) is -2.92. The smallest absolute Gasteiger partial charge is 0.384 e. The number of hydrogen-bond donors (Lipinski definition) is 1. The molecule has 2 aromatic carbocycles. The van der Waals surface area contributed by atoms with Crippen LogP contribution in [0.25, 0.3) is 28.1 Å². The molecule has 4 aromatic rings. The minimum Gasteiger partial charge on any atom is -0.384 e. The Morgan fingerprint density at radius 1 is 1.00 bits per heavy atom. The van der Waals surface area contributed by atoms with E-state index in [0.29, 0.717) is 28.3 Å². The maximum Gasteiger partial charge on any atom is 0.416 e. The Bertz CT molecular complexity index is 1410. The summed E-state index contributed by atoms with van der Waals surface area (Å²) in [7, 11) is 0. The van der Waals surface area contributed by atoms with Gasteiger partial charge in [0.1, 0.15) is 5.82 Å². The molecule has 0 fully saturated rings. The second-order valence-electron chi connectivity index (χ2n) is 7.45. The molecule has 0 aliphatic rings. The number of alkyl halides is 3. The number of benzene rings is 2. The Labute approximate surface area is 187 Å². The van der Waals surface area contributed by atoms with Gasteiger partial charge in [-0.2, -0.15) is 13.2 Å². The number of anilines is 1. The molecule has 0 saturated carbocycles. The van der Waals surface area contributed by atoms with Crippen LogP contribution in [0.4, 0.5) is 24.7 Å². The van der Waals surface area contributed by atoms with Crippen molar-refractivity contribution in [1.82, 2.24) is 9.55 Å². The van der Waals surface area contributed by atoms with Gasteiger partial charge in [-0.3, -0.25) is 14.4 Å². The highest BCUT2D eigenvalue weighted by Gasteiger charge is 2.31. The Kier molecular flexibility index (Phi) is 5.59. The number of aromatic nitrogens is 2. The normalized spacial score (nSPS) is 11.4. The first kappa shape index (κ1) is 22.0. The van der Waals surface area contributed by atoms with Gasteiger partial charge in [0.2, 0.25) is 0 Å². The fourth-order valence-corrected chi connectivity index (χ4v) is 3.67. The molecule has 5 nitrogen and oxygen atoms in total. The van der Waals surface area contributed by atoms with Crippen molar-refractivity contribution in [3.05, 3.63) is 94.4 Å². The first-order chi connectivity index (χ1) is 15.7. The van der Waals surface area contributed by atoms with Crippen molar-refractivity contribution >= 4 is 18.2 Å². The molecule has 2 heterocycles. The summed E-state index contributed by atoms with van der Waals surface area (Å²) < 4.78 is 41.3. The predicted octanol–water partition coefficient (Wildman–Crippen LogP) is 5.81. The summed E-state index contributed by atoms with van der Waals surface area (Å²) >= 11 is 0. The monoisotopic (exact) mass is 448 g/mol. The number of aryl methyl sites for hydroxylation is 1. The predicted molar refractivity (Wildman–Crippen MR) is 124 cm³/mol. The Morgan fingerprint density at radius 3 is 2.42 bits per heavy atom. The third kappa shape index (κ3) is 4.27. The van der Waals surface area contributed by atoms with Crippen LogP contribution in [0.1, 0.15) is 11.1 Å². The maximum atomic E-state index is 13.3. The molecule has 0 bridgehead atoms. The summed E-state index contributed by atoms with van der Waals surface area (Å²) in [6.45, 7) is 5.40. The molecule has 0 atom stereocenters. The molecule has 0 aliphatic carbocycles. The number of rotatable bonds is 4. The molecule has 0 amide bonds. The molecule has 2 N–H and O–H groups in total. The largest absolute Gasteiger partial charge is 0.416 e. The van der Waals surface area contributed by atoms with Gasteiger partial charge in [-0.05, 0) is 67.2 Å². The Morgan fingerprint density at radius 2 is 1.76 bits per heavy atom. The van der Waals surface area contributed by atoms with Crippen molar-refractivity contribution in [3.8, 4) is 28.1 Å². The van der Waals surface area contributed by atoms with Crippen LogP contribution in [0, 0.1) is 6.92 Å². The van der Waals surface area contributed by atoms with Gasteiger partial charge in [0.05, 0.1) is 16.9 Å². The lowest BCUT2D eigenvalue weighted by Crippen LogP contribution is -2.20. The summed E-state index contributed by atoms with van der Waals surface area (Å²) in [5.41, 5.74) is 8.17. The van der Waals surface area contributed by atoms with Crippen LogP contribution in [0.15, 0.2) is 82.7 Å². The van der Waals surface area contributed by atoms with E-state index in [1.54, 1.807) is 37.4 Å². The molecular weight excluding hydrogens is 429 g/mol. The van der Waals surface area contributed by atoms with Gasteiger partial charge in [0.15, 0.2) is 0 Å². The Hall–Kier alpha value is -4.20. The van der Waals surface area contributed by atoms with E-state index < -0.39 is 17.3 Å². The van der Waals surface area contributed by atoms with E-state index in [4.69, 9.17) is 5.73 Å². The van der Waals surface area contributed by atoms with E-state index >= 15 is 0 Å². The summed E-state index contributed by atoms with van der Waals surface area (Å²) in [5, 5.41) is 0.